The molecular formula is C17H27N3O2. The summed E-state index contributed by atoms with van der Waals surface area (Å²) < 4.78 is 0. The smallest absolute Gasteiger partial charge is 0.264 e. The Hall–Kier alpha value is -1.65. The summed E-state index contributed by atoms with van der Waals surface area (Å²) in [5.41, 5.74) is 0.0374. The second-order valence-corrected chi connectivity index (χ2v) is 7.47. The molecule has 22 heavy (non-hydrogen) atoms. The van der Waals surface area contributed by atoms with Gasteiger partial charge in [-0.25, -0.2) is 4.98 Å². The van der Waals surface area contributed by atoms with Gasteiger partial charge in [-0.05, 0) is 25.7 Å². The molecule has 0 radical (unpaired) electrons. The van der Waals surface area contributed by atoms with Gasteiger partial charge in [-0.3, -0.25) is 9.59 Å². The molecule has 0 spiro atoms. The second-order valence-electron chi connectivity index (χ2n) is 7.47. The minimum Gasteiger partial charge on any atom is -0.349 e. The molecule has 0 aliphatic heterocycles. The number of aryl methyl sites for hydroxylation is 1. The quantitative estimate of drug-likeness (QED) is 0.882. The number of carbonyl (C=O) groups is 1. The molecule has 5 nitrogen and oxygen atoms in total. The van der Waals surface area contributed by atoms with E-state index < -0.39 is 0 Å². The molecule has 1 saturated carbocycles. The summed E-state index contributed by atoms with van der Waals surface area (Å²) in [5.74, 6) is 0.766. The van der Waals surface area contributed by atoms with E-state index in [2.05, 4.69) is 22.2 Å². The van der Waals surface area contributed by atoms with Crippen LogP contribution in [0.4, 0.5) is 0 Å². The number of H-pyrrole nitrogens is 1. The van der Waals surface area contributed by atoms with Gasteiger partial charge in [0.2, 0.25) is 0 Å². The van der Waals surface area contributed by atoms with Gasteiger partial charge in [0.15, 0.2) is 0 Å². The Morgan fingerprint density at radius 1 is 1.27 bits per heavy atom. The molecule has 1 aromatic heterocycles. The third-order valence-corrected chi connectivity index (χ3v) is 4.47. The zero-order chi connectivity index (χ0) is 16.5. The van der Waals surface area contributed by atoms with Crippen LogP contribution in [0.1, 0.15) is 75.3 Å². The lowest BCUT2D eigenvalue weighted by Crippen LogP contribution is -2.43. The predicted octanol–water partition coefficient (Wildman–Crippen LogP) is 2.68. The van der Waals surface area contributed by atoms with E-state index in [9.17, 15) is 9.59 Å². The average Bonchev–Trinajstić information content (AvgIpc) is 2.39. The third-order valence-electron chi connectivity index (χ3n) is 4.47. The van der Waals surface area contributed by atoms with Gasteiger partial charge in [-0.15, -0.1) is 0 Å². The van der Waals surface area contributed by atoms with Crippen LogP contribution >= 0.6 is 0 Å². The molecule has 1 aromatic rings. The van der Waals surface area contributed by atoms with Crippen LogP contribution in [0.25, 0.3) is 0 Å². The van der Waals surface area contributed by atoms with E-state index in [1.165, 1.54) is 6.42 Å². The van der Waals surface area contributed by atoms with Crippen molar-refractivity contribution >= 4 is 5.91 Å². The Labute approximate surface area is 131 Å². The van der Waals surface area contributed by atoms with Crippen LogP contribution in [-0.2, 0) is 5.41 Å². The second kappa shape index (κ2) is 6.23. The summed E-state index contributed by atoms with van der Waals surface area (Å²) >= 11 is 0. The maximum atomic E-state index is 12.5. The number of nitrogens with one attached hydrogen (secondary N) is 2. The monoisotopic (exact) mass is 305 g/mol. The number of nitrogens with zero attached hydrogens (tertiary/aromatic N) is 1. The van der Waals surface area contributed by atoms with Crippen molar-refractivity contribution in [2.45, 2.75) is 71.8 Å². The average molecular weight is 305 g/mol. The molecular weight excluding hydrogens is 278 g/mol. The predicted molar refractivity (Wildman–Crippen MR) is 87.2 cm³/mol. The van der Waals surface area contributed by atoms with Crippen LogP contribution in [0, 0.1) is 12.8 Å². The molecule has 122 valence electrons. The fourth-order valence-electron chi connectivity index (χ4n) is 2.98. The first kappa shape index (κ1) is 16.7. The molecule has 1 amide bonds. The first-order chi connectivity index (χ1) is 10.2. The van der Waals surface area contributed by atoms with Gasteiger partial charge in [-0.1, -0.05) is 40.5 Å². The van der Waals surface area contributed by atoms with Crippen molar-refractivity contribution in [3.05, 3.63) is 27.4 Å². The van der Waals surface area contributed by atoms with Crippen LogP contribution in [0.5, 0.6) is 0 Å². The molecule has 2 N–H and O–H groups in total. The van der Waals surface area contributed by atoms with Crippen molar-refractivity contribution in [3.63, 3.8) is 0 Å². The minimum absolute atomic E-state index is 0.144. The molecule has 0 bridgehead atoms. The number of hydrogen-bond acceptors (Lipinski definition) is 3. The highest BCUT2D eigenvalue weighted by atomic mass is 16.2. The van der Waals surface area contributed by atoms with Crippen molar-refractivity contribution in [2.24, 2.45) is 5.92 Å². The molecule has 1 fully saturated rings. The maximum absolute atomic E-state index is 12.5. The lowest BCUT2D eigenvalue weighted by molar-refractivity contribution is 0.0907. The zero-order valence-corrected chi connectivity index (χ0v) is 14.2. The van der Waals surface area contributed by atoms with Gasteiger partial charge < -0.3 is 10.3 Å². The molecule has 1 aliphatic carbocycles. The summed E-state index contributed by atoms with van der Waals surface area (Å²) in [6.07, 6.45) is 4.46. The number of aromatic amines is 1. The summed E-state index contributed by atoms with van der Waals surface area (Å²) in [4.78, 5) is 32.0. The largest absolute Gasteiger partial charge is 0.349 e. The van der Waals surface area contributed by atoms with E-state index in [1.54, 1.807) is 6.92 Å². The van der Waals surface area contributed by atoms with Crippen LogP contribution in [-0.4, -0.2) is 21.9 Å². The lowest BCUT2D eigenvalue weighted by atomic mass is 9.86. The SMILES string of the molecule is Cc1nc(C(C)(C)C)[nH]c(=O)c1C(=O)N[C@@H]1CCCC[C@@H]1C. The fraction of sp³-hybridized carbons (Fsp3) is 0.706. The summed E-state index contributed by atoms with van der Waals surface area (Å²) in [6.45, 7) is 9.82. The van der Waals surface area contributed by atoms with E-state index in [0.29, 0.717) is 17.4 Å². The van der Waals surface area contributed by atoms with E-state index in [0.717, 1.165) is 19.3 Å². The van der Waals surface area contributed by atoms with Gasteiger partial charge >= 0.3 is 0 Å². The maximum Gasteiger partial charge on any atom is 0.264 e. The highest BCUT2D eigenvalue weighted by molar-refractivity contribution is 5.95. The van der Waals surface area contributed by atoms with Crippen molar-refractivity contribution in [1.29, 1.82) is 0 Å². The van der Waals surface area contributed by atoms with Crippen molar-refractivity contribution < 1.29 is 4.79 Å². The molecule has 0 unspecified atom stereocenters. The zero-order valence-electron chi connectivity index (χ0n) is 14.2. The molecule has 1 aliphatic rings. The van der Waals surface area contributed by atoms with E-state index in [4.69, 9.17) is 0 Å². The highest BCUT2D eigenvalue weighted by Gasteiger charge is 2.26. The molecule has 2 rings (SSSR count). The summed E-state index contributed by atoms with van der Waals surface area (Å²) in [5, 5.41) is 3.03. The molecule has 0 saturated heterocycles. The number of aromatic nitrogens is 2. The Morgan fingerprint density at radius 2 is 1.91 bits per heavy atom. The molecule has 1 heterocycles. The number of amides is 1. The Bertz CT molecular complexity index is 613. The fourth-order valence-corrected chi connectivity index (χ4v) is 2.98. The Morgan fingerprint density at radius 3 is 2.45 bits per heavy atom. The number of carbonyl (C=O) groups excluding carboxylic acids is 1. The van der Waals surface area contributed by atoms with Crippen LogP contribution in [0.3, 0.4) is 0 Å². The van der Waals surface area contributed by atoms with Crippen molar-refractivity contribution in [2.75, 3.05) is 0 Å². The highest BCUT2D eigenvalue weighted by Crippen LogP contribution is 2.24. The topological polar surface area (TPSA) is 74.8 Å². The van der Waals surface area contributed by atoms with E-state index >= 15 is 0 Å². The molecule has 5 heteroatoms. The van der Waals surface area contributed by atoms with Gasteiger partial charge in [0.1, 0.15) is 11.4 Å². The van der Waals surface area contributed by atoms with Crippen LogP contribution < -0.4 is 10.9 Å². The third kappa shape index (κ3) is 3.57. The van der Waals surface area contributed by atoms with Crippen LogP contribution in [0.15, 0.2) is 4.79 Å². The van der Waals surface area contributed by atoms with Gasteiger partial charge in [0.25, 0.3) is 11.5 Å². The normalized spacial score (nSPS) is 22.4. The van der Waals surface area contributed by atoms with E-state index in [-0.39, 0.29) is 28.5 Å². The van der Waals surface area contributed by atoms with Crippen molar-refractivity contribution in [1.82, 2.24) is 15.3 Å². The molecule has 2 atom stereocenters. The first-order valence-corrected chi connectivity index (χ1v) is 8.12. The first-order valence-electron chi connectivity index (χ1n) is 8.12. The lowest BCUT2D eigenvalue weighted by Gasteiger charge is -2.29. The van der Waals surface area contributed by atoms with Gasteiger partial charge in [0.05, 0.1) is 5.69 Å². The van der Waals surface area contributed by atoms with Gasteiger partial charge in [-0.2, -0.15) is 0 Å². The number of hydrogen-bond donors (Lipinski definition) is 2. The van der Waals surface area contributed by atoms with Crippen molar-refractivity contribution in [3.8, 4) is 0 Å². The van der Waals surface area contributed by atoms with E-state index in [1.807, 2.05) is 20.8 Å². The van der Waals surface area contributed by atoms with Gasteiger partial charge in [0, 0.05) is 11.5 Å². The Kier molecular flexibility index (Phi) is 4.73. The standard InChI is InChI=1S/C17H27N3O2/c1-10-8-6-7-9-12(10)19-14(21)13-11(2)18-16(17(3,4)5)20-15(13)22/h10,12H,6-9H2,1-5H3,(H,19,21)(H,18,20,22)/t10-,12+/m0/s1. The molecule has 0 aromatic carbocycles. The minimum atomic E-state index is -0.349. The van der Waals surface area contributed by atoms with Crippen LogP contribution in [0.2, 0.25) is 0 Å². The summed E-state index contributed by atoms with van der Waals surface area (Å²) in [7, 11) is 0. The summed E-state index contributed by atoms with van der Waals surface area (Å²) in [6, 6.07) is 0.155. The Balaban J connectivity index is 2.25. The number of rotatable bonds is 2.